The van der Waals surface area contributed by atoms with Crippen molar-refractivity contribution in [1.82, 2.24) is 10.2 Å². The van der Waals surface area contributed by atoms with Crippen LogP contribution in [-0.2, 0) is 5.41 Å². The van der Waals surface area contributed by atoms with Crippen molar-refractivity contribution in [1.29, 1.82) is 0 Å². The van der Waals surface area contributed by atoms with Gasteiger partial charge in [-0.25, -0.2) is 9.49 Å². The molecular weight excluding hydrogens is 255 g/mol. The molecule has 0 aromatic carbocycles. The lowest BCUT2D eigenvalue weighted by atomic mass is 9.69. The highest BCUT2D eigenvalue weighted by atomic mass is 19.1. The van der Waals surface area contributed by atoms with Gasteiger partial charge in [-0.1, -0.05) is 27.7 Å². The summed E-state index contributed by atoms with van der Waals surface area (Å²) in [4.78, 5) is 11.2. The number of nitrogens with zero attached hydrogens (tertiary/aromatic N) is 1. The molecule has 1 aromatic rings. The first-order valence-electron chi connectivity index (χ1n) is 7.41. The zero-order chi connectivity index (χ0) is 15.0. The van der Waals surface area contributed by atoms with Crippen molar-refractivity contribution in [3.05, 3.63) is 28.2 Å². The van der Waals surface area contributed by atoms with Gasteiger partial charge in [0.05, 0.1) is 5.69 Å². The smallest absolute Gasteiger partial charge is 0.264 e. The minimum absolute atomic E-state index is 0.0815. The molecule has 4 heteroatoms. The maximum Gasteiger partial charge on any atom is 0.264 e. The van der Waals surface area contributed by atoms with Crippen molar-refractivity contribution in [3.63, 3.8) is 0 Å². The number of alkyl halides is 1. The summed E-state index contributed by atoms with van der Waals surface area (Å²) in [5.41, 5.74) is 0.600. The van der Waals surface area contributed by atoms with Crippen LogP contribution in [0.25, 0.3) is 0 Å². The first-order chi connectivity index (χ1) is 9.21. The monoisotopic (exact) mass is 280 g/mol. The van der Waals surface area contributed by atoms with Crippen LogP contribution in [0.5, 0.6) is 0 Å². The minimum Gasteiger partial charge on any atom is -0.268 e. The van der Waals surface area contributed by atoms with Gasteiger partial charge < -0.3 is 0 Å². The number of nitrogens with one attached hydrogen (secondary N) is 1. The van der Waals surface area contributed by atoms with Crippen molar-refractivity contribution in [2.45, 2.75) is 65.0 Å². The molecule has 2 rings (SSSR count). The molecule has 1 aliphatic rings. The molecule has 3 nitrogen and oxygen atoms in total. The second-order valence-electron chi connectivity index (χ2n) is 7.51. The van der Waals surface area contributed by atoms with E-state index >= 15 is 0 Å². The van der Waals surface area contributed by atoms with E-state index in [0.717, 1.165) is 18.5 Å². The minimum atomic E-state index is -0.733. The average molecular weight is 280 g/mol. The van der Waals surface area contributed by atoms with Gasteiger partial charge in [-0.15, -0.1) is 0 Å². The van der Waals surface area contributed by atoms with Gasteiger partial charge in [0.25, 0.3) is 5.56 Å². The van der Waals surface area contributed by atoms with E-state index in [1.54, 1.807) is 6.07 Å². The molecule has 0 amide bonds. The zero-order valence-electron chi connectivity index (χ0n) is 12.9. The third-order valence-corrected chi connectivity index (χ3v) is 4.77. The fourth-order valence-corrected chi connectivity index (χ4v) is 3.20. The Hall–Kier alpha value is -1.19. The van der Waals surface area contributed by atoms with E-state index in [1.807, 2.05) is 0 Å². The summed E-state index contributed by atoms with van der Waals surface area (Å²) < 4.78 is 14.1. The van der Waals surface area contributed by atoms with Crippen LogP contribution in [0.3, 0.4) is 0 Å². The van der Waals surface area contributed by atoms with Crippen LogP contribution in [-0.4, -0.2) is 16.4 Å². The summed E-state index contributed by atoms with van der Waals surface area (Å²) in [6.45, 7) is 8.67. The van der Waals surface area contributed by atoms with Gasteiger partial charge in [0, 0.05) is 11.5 Å². The summed E-state index contributed by atoms with van der Waals surface area (Å²) in [7, 11) is 0. The van der Waals surface area contributed by atoms with E-state index in [0.29, 0.717) is 18.8 Å². The van der Waals surface area contributed by atoms with E-state index in [9.17, 15) is 9.18 Å². The van der Waals surface area contributed by atoms with Crippen LogP contribution >= 0.6 is 0 Å². The molecule has 1 N–H and O–H groups in total. The molecule has 0 bridgehead atoms. The van der Waals surface area contributed by atoms with Crippen LogP contribution in [0, 0.1) is 11.3 Å². The largest absolute Gasteiger partial charge is 0.268 e. The van der Waals surface area contributed by atoms with Gasteiger partial charge in [0.15, 0.2) is 0 Å². The Bertz CT molecular complexity index is 499. The van der Waals surface area contributed by atoms with E-state index in [2.05, 4.69) is 37.9 Å². The molecule has 0 saturated heterocycles. The molecule has 0 spiro atoms. The molecule has 1 heterocycles. The molecule has 1 saturated carbocycles. The maximum absolute atomic E-state index is 14.1. The Morgan fingerprint density at radius 2 is 2.10 bits per heavy atom. The van der Waals surface area contributed by atoms with Gasteiger partial charge in [0.2, 0.25) is 0 Å². The molecule has 112 valence electrons. The number of H-pyrrole nitrogens is 1. The first-order valence-corrected chi connectivity index (χ1v) is 7.41. The molecular formula is C16H25FN2O. The Balaban J connectivity index is 2.33. The van der Waals surface area contributed by atoms with Crippen molar-refractivity contribution in [3.8, 4) is 0 Å². The first kappa shape index (κ1) is 15.2. The van der Waals surface area contributed by atoms with Crippen LogP contribution in [0.15, 0.2) is 16.9 Å². The molecule has 20 heavy (non-hydrogen) atoms. The number of halogens is 1. The van der Waals surface area contributed by atoms with Crippen molar-refractivity contribution in [2.24, 2.45) is 11.3 Å². The van der Waals surface area contributed by atoms with Gasteiger partial charge in [-0.2, -0.15) is 5.10 Å². The van der Waals surface area contributed by atoms with E-state index in [1.165, 1.54) is 6.07 Å². The van der Waals surface area contributed by atoms with E-state index in [-0.39, 0.29) is 16.4 Å². The number of hydrogen-bond donors (Lipinski definition) is 1. The van der Waals surface area contributed by atoms with Gasteiger partial charge in [-0.3, -0.25) is 4.79 Å². The maximum atomic E-state index is 14.1. The second kappa shape index (κ2) is 5.30. The number of aromatic nitrogens is 2. The Morgan fingerprint density at radius 1 is 1.40 bits per heavy atom. The Kier molecular flexibility index (Phi) is 4.03. The quantitative estimate of drug-likeness (QED) is 0.799. The predicted octanol–water partition coefficient (Wildman–Crippen LogP) is 3.60. The standard InChI is InChI=1S/C16H25FN2O/c1-15(2,3)11-9-12(17)7-8-16(4,10-11)13-5-6-14(20)19-18-13/h5-6,11-12H,7-10H2,1-4H3,(H,19,20). The molecule has 0 aliphatic heterocycles. The van der Waals surface area contributed by atoms with E-state index < -0.39 is 6.17 Å². The Labute approximate surface area is 120 Å². The van der Waals surface area contributed by atoms with Gasteiger partial charge >= 0.3 is 0 Å². The molecule has 3 atom stereocenters. The summed E-state index contributed by atoms with van der Waals surface area (Å²) >= 11 is 0. The van der Waals surface area contributed by atoms with Gasteiger partial charge in [-0.05, 0) is 43.1 Å². The number of hydrogen-bond acceptors (Lipinski definition) is 2. The van der Waals surface area contributed by atoms with Gasteiger partial charge in [0.1, 0.15) is 6.17 Å². The van der Waals surface area contributed by atoms with Crippen molar-refractivity contribution in [2.75, 3.05) is 0 Å². The average Bonchev–Trinajstić information content (AvgIpc) is 2.50. The lowest BCUT2D eigenvalue weighted by molar-refractivity contribution is 0.156. The van der Waals surface area contributed by atoms with Crippen LogP contribution in [0.2, 0.25) is 0 Å². The molecule has 0 radical (unpaired) electrons. The van der Waals surface area contributed by atoms with Crippen LogP contribution < -0.4 is 5.56 Å². The SMILES string of the molecule is CC1(c2ccc(=O)[nH]n2)CCC(F)CC(C(C)(C)C)C1. The summed E-state index contributed by atoms with van der Waals surface area (Å²) in [5.74, 6) is 0.318. The summed E-state index contributed by atoms with van der Waals surface area (Å²) in [5, 5.41) is 6.71. The zero-order valence-corrected chi connectivity index (χ0v) is 12.9. The molecule has 1 aromatic heterocycles. The topological polar surface area (TPSA) is 45.8 Å². The molecule has 1 aliphatic carbocycles. The lowest BCUT2D eigenvalue weighted by Crippen LogP contribution is -2.31. The predicted molar refractivity (Wildman–Crippen MR) is 78.5 cm³/mol. The molecule has 1 fully saturated rings. The second-order valence-corrected chi connectivity index (χ2v) is 7.51. The number of aromatic amines is 1. The molecule has 3 unspecified atom stereocenters. The Morgan fingerprint density at radius 3 is 2.65 bits per heavy atom. The lowest BCUT2D eigenvalue weighted by Gasteiger charge is -2.36. The van der Waals surface area contributed by atoms with Crippen molar-refractivity contribution < 1.29 is 4.39 Å². The third kappa shape index (κ3) is 3.28. The number of rotatable bonds is 1. The van der Waals surface area contributed by atoms with Crippen molar-refractivity contribution >= 4 is 0 Å². The fourth-order valence-electron chi connectivity index (χ4n) is 3.20. The normalized spacial score (nSPS) is 31.9. The van der Waals surface area contributed by atoms with Crippen LogP contribution in [0.4, 0.5) is 4.39 Å². The highest BCUT2D eigenvalue weighted by Crippen LogP contribution is 2.46. The summed E-state index contributed by atoms with van der Waals surface area (Å²) in [6.07, 6.45) is 2.16. The van der Waals surface area contributed by atoms with Crippen LogP contribution in [0.1, 0.15) is 59.1 Å². The summed E-state index contributed by atoms with van der Waals surface area (Å²) in [6, 6.07) is 3.30. The fraction of sp³-hybridized carbons (Fsp3) is 0.750. The highest BCUT2D eigenvalue weighted by molar-refractivity contribution is 5.15. The highest BCUT2D eigenvalue weighted by Gasteiger charge is 2.40. The van der Waals surface area contributed by atoms with E-state index in [4.69, 9.17) is 0 Å². The third-order valence-electron chi connectivity index (χ3n) is 4.77.